The minimum Gasteiger partial charge on any atom is -0.789 e. The zero-order valence-electron chi connectivity index (χ0n) is 13.9. The molecule has 0 aliphatic carbocycles. The molecule has 0 heterocycles. The average molecular weight is 439 g/mol. The molecule has 0 nitrogen and oxygen atoms in total. The summed E-state index contributed by atoms with van der Waals surface area (Å²) >= 11 is 10.5. The summed E-state index contributed by atoms with van der Waals surface area (Å²) in [7, 11) is -0.957. The molecule has 2 aromatic rings. The second-order valence-corrected chi connectivity index (χ2v) is 12.1. The number of hydrogen-bond acceptors (Lipinski definition) is 2. The molecule has 0 aliphatic heterocycles. The van der Waals surface area contributed by atoms with E-state index in [1.807, 2.05) is 0 Å². The Morgan fingerprint density at radius 1 is 0.583 bits per heavy atom. The molecule has 0 aromatic heterocycles. The van der Waals surface area contributed by atoms with Crippen molar-refractivity contribution in [1.82, 2.24) is 0 Å². The molecule has 0 radical (unpaired) electrons. The predicted octanol–water partition coefficient (Wildman–Crippen LogP) is 3.55. The Bertz CT molecular complexity index is 490. The Hall–Kier alpha value is 0.494. The minimum absolute atomic E-state index is 0. The molecule has 0 bridgehead atoms. The molecule has 132 valence electrons. The number of benzene rings is 2. The second kappa shape index (κ2) is 13.7. The molecule has 2 unspecified atom stereocenters. The van der Waals surface area contributed by atoms with Crippen LogP contribution in [0.4, 0.5) is 0 Å². The fourth-order valence-electron chi connectivity index (χ4n) is 2.94. The van der Waals surface area contributed by atoms with Crippen molar-refractivity contribution in [1.29, 1.82) is 0 Å². The molecular weight excluding hydrogens is 413 g/mol. The molecule has 2 atom stereocenters. The van der Waals surface area contributed by atoms with E-state index in [-0.39, 0.29) is 16.5 Å². The van der Waals surface area contributed by atoms with E-state index < -0.39 is 15.8 Å². The van der Waals surface area contributed by atoms with Crippen LogP contribution in [-0.2, 0) is 41.7 Å². The molecule has 5 heteroatoms. The van der Waals surface area contributed by atoms with E-state index in [1.54, 1.807) is 10.6 Å². The van der Waals surface area contributed by atoms with Crippen LogP contribution in [-0.4, -0.2) is 36.2 Å². The molecule has 2 rings (SSSR count). The molecule has 0 N–H and O–H groups in total. The van der Waals surface area contributed by atoms with E-state index in [0.29, 0.717) is 0 Å². The van der Waals surface area contributed by atoms with Crippen LogP contribution in [0.2, 0.25) is 0 Å². The first-order valence-corrected chi connectivity index (χ1v) is 13.3. The van der Waals surface area contributed by atoms with Crippen LogP contribution in [0.3, 0.4) is 0 Å². The molecule has 0 aliphatic rings. The third kappa shape index (κ3) is 7.80. The fraction of sp³-hybridized carbons (Fsp3) is 0.368. The van der Waals surface area contributed by atoms with Gasteiger partial charge in [-0.3, -0.25) is 0 Å². The topological polar surface area (TPSA) is 0 Å². The van der Waals surface area contributed by atoms with E-state index in [4.69, 9.17) is 25.3 Å². The molecule has 0 saturated carbocycles. The molecule has 0 spiro atoms. The van der Waals surface area contributed by atoms with Gasteiger partial charge in [-0.25, -0.2) is 0 Å². The van der Waals surface area contributed by atoms with Gasteiger partial charge >= 0.3 is 16.5 Å². The van der Waals surface area contributed by atoms with E-state index in [2.05, 4.69) is 60.7 Å². The average Bonchev–Trinajstić information content (AvgIpc) is 2.61. The Labute approximate surface area is 170 Å². The SMILES string of the molecule is [Ni+2].[S-]CC[PH+](CCC[PH+](CC[S-])c1ccccc1)c1ccccc1. The van der Waals surface area contributed by atoms with Gasteiger partial charge in [-0.15, -0.1) is 11.5 Å². The molecule has 0 amide bonds. The quantitative estimate of drug-likeness (QED) is 0.316. The largest absolute Gasteiger partial charge is 2.00 e. The van der Waals surface area contributed by atoms with Crippen LogP contribution < -0.4 is 10.6 Å². The molecule has 0 fully saturated rings. The second-order valence-electron chi connectivity index (χ2n) is 5.70. The fourth-order valence-corrected chi connectivity index (χ4v) is 9.45. The van der Waals surface area contributed by atoms with E-state index >= 15 is 0 Å². The summed E-state index contributed by atoms with van der Waals surface area (Å²) in [5, 5.41) is 3.11. The monoisotopic (exact) mass is 438 g/mol. The van der Waals surface area contributed by atoms with Crippen molar-refractivity contribution < 1.29 is 16.5 Å². The zero-order valence-corrected chi connectivity index (χ0v) is 18.5. The van der Waals surface area contributed by atoms with Crippen molar-refractivity contribution in [2.75, 3.05) is 36.2 Å². The smallest absolute Gasteiger partial charge is 0.789 e. The summed E-state index contributed by atoms with van der Waals surface area (Å²) in [6.45, 7) is 0. The Balaban J connectivity index is 0.00000288. The van der Waals surface area contributed by atoms with Gasteiger partial charge in [0.05, 0.1) is 22.9 Å². The summed E-state index contributed by atoms with van der Waals surface area (Å²) in [6, 6.07) is 22.1. The van der Waals surface area contributed by atoms with Gasteiger partial charge in [0.25, 0.3) is 0 Å². The van der Waals surface area contributed by atoms with Gasteiger partial charge in [0, 0.05) is 34.6 Å². The molecule has 2 aromatic carbocycles. The molecular formula is C19H26NiP2S2+2. The maximum atomic E-state index is 5.27. The van der Waals surface area contributed by atoms with Crippen LogP contribution in [0.15, 0.2) is 60.7 Å². The standard InChI is InChI=1S/C19H26P2S2.Ni/c22-16-14-20(18-8-3-1-4-9-18)12-7-13-21(15-17-23)19-10-5-2-6-11-19;/h1-6,8-11,22-23H,7,12-17H2;/q;+2. The van der Waals surface area contributed by atoms with Crippen molar-refractivity contribution in [3.63, 3.8) is 0 Å². The summed E-state index contributed by atoms with van der Waals surface area (Å²) < 4.78 is 0. The first-order valence-electron chi connectivity index (χ1n) is 8.31. The van der Waals surface area contributed by atoms with Gasteiger partial charge in [0.15, 0.2) is 0 Å². The van der Waals surface area contributed by atoms with Crippen molar-refractivity contribution in [2.24, 2.45) is 0 Å². The van der Waals surface area contributed by atoms with Crippen LogP contribution >= 0.6 is 15.8 Å². The summed E-state index contributed by atoms with van der Waals surface area (Å²) in [5.74, 6) is 1.79. The van der Waals surface area contributed by atoms with Crippen LogP contribution in [0.25, 0.3) is 0 Å². The number of hydrogen-bond donors (Lipinski definition) is 0. The van der Waals surface area contributed by atoms with Crippen LogP contribution in [0.1, 0.15) is 6.42 Å². The van der Waals surface area contributed by atoms with E-state index in [9.17, 15) is 0 Å². The first-order chi connectivity index (χ1) is 11.3. The summed E-state index contributed by atoms with van der Waals surface area (Å²) in [6.07, 6.45) is 6.47. The maximum absolute atomic E-state index is 5.27. The Morgan fingerprint density at radius 2 is 0.958 bits per heavy atom. The van der Waals surface area contributed by atoms with Crippen LogP contribution in [0.5, 0.6) is 0 Å². The van der Waals surface area contributed by atoms with Gasteiger partial charge in [0.2, 0.25) is 0 Å². The van der Waals surface area contributed by atoms with Crippen molar-refractivity contribution in [3.8, 4) is 0 Å². The van der Waals surface area contributed by atoms with Crippen LogP contribution in [0, 0.1) is 0 Å². The third-order valence-corrected chi connectivity index (χ3v) is 11.2. The van der Waals surface area contributed by atoms with Gasteiger partial charge in [-0.2, -0.15) is 0 Å². The zero-order chi connectivity index (χ0) is 16.3. The first kappa shape index (κ1) is 22.5. The minimum atomic E-state index is -0.479. The van der Waals surface area contributed by atoms with E-state index in [0.717, 1.165) is 11.5 Å². The van der Waals surface area contributed by atoms with Crippen molar-refractivity contribution >= 4 is 51.7 Å². The molecule has 24 heavy (non-hydrogen) atoms. The normalized spacial score (nSPS) is 13.1. The predicted molar refractivity (Wildman–Crippen MR) is 117 cm³/mol. The van der Waals surface area contributed by atoms with Gasteiger partial charge in [-0.1, -0.05) is 36.4 Å². The van der Waals surface area contributed by atoms with Gasteiger partial charge in [0.1, 0.15) is 0 Å². The summed E-state index contributed by atoms with van der Waals surface area (Å²) in [5.41, 5.74) is 0. The van der Waals surface area contributed by atoms with Gasteiger partial charge < -0.3 is 25.3 Å². The Kier molecular flexibility index (Phi) is 12.8. The summed E-state index contributed by atoms with van der Waals surface area (Å²) in [4.78, 5) is 0. The maximum Gasteiger partial charge on any atom is 2.00 e. The Morgan fingerprint density at radius 3 is 1.29 bits per heavy atom. The van der Waals surface area contributed by atoms with E-state index in [1.165, 1.54) is 31.1 Å². The number of rotatable bonds is 10. The third-order valence-electron chi connectivity index (χ3n) is 4.13. The van der Waals surface area contributed by atoms with Crippen molar-refractivity contribution in [2.45, 2.75) is 6.42 Å². The molecule has 0 saturated heterocycles. The van der Waals surface area contributed by atoms with Crippen molar-refractivity contribution in [3.05, 3.63) is 60.7 Å². The van der Waals surface area contributed by atoms with Gasteiger partial charge in [-0.05, 0) is 24.3 Å².